The lowest BCUT2D eigenvalue weighted by atomic mass is 10.1. The molecule has 0 aliphatic rings. The average molecular weight is 582 g/mol. The summed E-state index contributed by atoms with van der Waals surface area (Å²) >= 11 is 5.89. The van der Waals surface area contributed by atoms with E-state index < -0.39 is 11.9 Å². The highest BCUT2D eigenvalue weighted by atomic mass is 35.5. The fourth-order valence-electron chi connectivity index (χ4n) is 3.71. The van der Waals surface area contributed by atoms with Gasteiger partial charge in [-0.3, -0.25) is 9.59 Å². The summed E-state index contributed by atoms with van der Waals surface area (Å²) in [6, 6.07) is 25.7. The highest BCUT2D eigenvalue weighted by molar-refractivity contribution is 6.30. The Kier molecular flexibility index (Phi) is 10.2. The molecule has 42 heavy (non-hydrogen) atoms. The van der Waals surface area contributed by atoms with Crippen molar-refractivity contribution in [2.45, 2.75) is 13.8 Å². The van der Waals surface area contributed by atoms with Gasteiger partial charge in [0, 0.05) is 27.9 Å². The van der Waals surface area contributed by atoms with Crippen LogP contribution in [0.3, 0.4) is 0 Å². The predicted octanol–water partition coefficient (Wildman–Crippen LogP) is 6.68. The maximum absolute atomic E-state index is 12.7. The van der Waals surface area contributed by atoms with Crippen LogP contribution in [0.1, 0.15) is 44.3 Å². The van der Waals surface area contributed by atoms with Gasteiger partial charge in [0.2, 0.25) is 0 Å². The average Bonchev–Trinajstić information content (AvgIpc) is 2.98. The zero-order valence-electron chi connectivity index (χ0n) is 23.0. The van der Waals surface area contributed by atoms with Gasteiger partial charge in [-0.1, -0.05) is 47.5 Å². The molecule has 0 fully saturated rings. The molecule has 0 aromatic heterocycles. The molecule has 4 aromatic rings. The number of nitrogens with zero attached hydrogens (tertiary/aromatic N) is 1. The van der Waals surface area contributed by atoms with Crippen molar-refractivity contribution in [2.75, 3.05) is 11.9 Å². The van der Waals surface area contributed by atoms with Crippen LogP contribution in [0, 0.1) is 6.92 Å². The third-order valence-corrected chi connectivity index (χ3v) is 6.09. The molecule has 0 radical (unpaired) electrons. The topological polar surface area (TPSA) is 106 Å². The van der Waals surface area contributed by atoms with Crippen molar-refractivity contribution in [1.82, 2.24) is 5.43 Å². The number of halogens is 1. The van der Waals surface area contributed by atoms with E-state index in [4.69, 9.17) is 21.1 Å². The minimum absolute atomic E-state index is 0.244. The van der Waals surface area contributed by atoms with Crippen LogP contribution in [0.15, 0.2) is 102 Å². The zero-order chi connectivity index (χ0) is 29.9. The Labute approximate surface area is 248 Å². The number of carbonyl (C=O) groups is 3. The van der Waals surface area contributed by atoms with Gasteiger partial charge in [-0.25, -0.2) is 10.2 Å². The van der Waals surface area contributed by atoms with Gasteiger partial charge in [0.05, 0.1) is 12.8 Å². The van der Waals surface area contributed by atoms with Crippen LogP contribution >= 0.6 is 11.6 Å². The molecule has 212 valence electrons. The number of anilines is 1. The highest BCUT2D eigenvalue weighted by Gasteiger charge is 2.11. The van der Waals surface area contributed by atoms with E-state index in [9.17, 15) is 14.4 Å². The minimum Gasteiger partial charge on any atom is -0.490 e. The maximum atomic E-state index is 12.7. The predicted molar refractivity (Wildman–Crippen MR) is 164 cm³/mol. The molecule has 0 saturated heterocycles. The molecule has 0 aliphatic carbocycles. The lowest BCUT2D eigenvalue weighted by Crippen LogP contribution is -2.18. The largest absolute Gasteiger partial charge is 0.490 e. The number of ether oxygens (including phenoxy) is 2. The molecule has 0 spiro atoms. The minimum atomic E-state index is -0.572. The van der Waals surface area contributed by atoms with E-state index in [0.29, 0.717) is 39.8 Å². The number of amides is 2. The molecule has 0 saturated carbocycles. The molecule has 0 heterocycles. The van der Waals surface area contributed by atoms with E-state index in [-0.39, 0.29) is 11.7 Å². The number of rotatable bonds is 10. The second-order valence-electron chi connectivity index (χ2n) is 9.05. The molecule has 2 amide bonds. The molecule has 8 nitrogen and oxygen atoms in total. The zero-order valence-corrected chi connectivity index (χ0v) is 23.7. The van der Waals surface area contributed by atoms with Gasteiger partial charge in [-0.05, 0) is 91.7 Å². The molecule has 9 heteroatoms. The van der Waals surface area contributed by atoms with Gasteiger partial charge < -0.3 is 14.8 Å². The third-order valence-electron chi connectivity index (χ3n) is 5.84. The number of aryl methyl sites for hydroxylation is 1. The first-order chi connectivity index (χ1) is 20.3. The van der Waals surface area contributed by atoms with Crippen LogP contribution < -0.4 is 20.2 Å². The van der Waals surface area contributed by atoms with Crippen molar-refractivity contribution in [1.29, 1.82) is 0 Å². The Morgan fingerprint density at radius 1 is 0.833 bits per heavy atom. The molecule has 0 atom stereocenters. The standard InChI is InChI=1S/C33H28ClN3O5/c1-3-41-30-19-24(11-17-29(30)42-31(38)18-12-23-9-15-27(34)16-10-23)21-35-37-33(40)26-5-4-6-28(20-26)36-32(39)25-13-7-22(2)8-14-25/h4-21H,3H2,1-2H3,(H,36,39)(H,37,40)/b18-12+,35-21?. The van der Waals surface area contributed by atoms with Gasteiger partial charge in [0.1, 0.15) is 0 Å². The Balaban J connectivity index is 1.36. The van der Waals surface area contributed by atoms with E-state index >= 15 is 0 Å². The monoisotopic (exact) mass is 581 g/mol. The normalized spacial score (nSPS) is 10.9. The summed E-state index contributed by atoms with van der Waals surface area (Å²) in [5.41, 5.74) is 6.24. The van der Waals surface area contributed by atoms with Crippen molar-refractivity contribution >= 4 is 47.4 Å². The van der Waals surface area contributed by atoms with Gasteiger partial charge in [-0.15, -0.1) is 0 Å². The van der Waals surface area contributed by atoms with E-state index in [1.807, 2.05) is 26.0 Å². The number of nitrogens with one attached hydrogen (secondary N) is 2. The molecule has 2 N–H and O–H groups in total. The van der Waals surface area contributed by atoms with Gasteiger partial charge in [0.15, 0.2) is 11.5 Å². The maximum Gasteiger partial charge on any atom is 0.336 e. The van der Waals surface area contributed by atoms with E-state index in [1.165, 1.54) is 12.3 Å². The molecule has 4 rings (SSSR count). The molecular weight excluding hydrogens is 554 g/mol. The van der Waals surface area contributed by atoms with Gasteiger partial charge in [0.25, 0.3) is 11.8 Å². The first-order valence-electron chi connectivity index (χ1n) is 13.0. The van der Waals surface area contributed by atoms with Crippen molar-refractivity contribution in [3.8, 4) is 11.5 Å². The van der Waals surface area contributed by atoms with Crippen molar-refractivity contribution < 1.29 is 23.9 Å². The second-order valence-corrected chi connectivity index (χ2v) is 9.48. The third kappa shape index (κ3) is 8.64. The lowest BCUT2D eigenvalue weighted by Gasteiger charge is -2.10. The van der Waals surface area contributed by atoms with E-state index in [0.717, 1.165) is 11.1 Å². The van der Waals surface area contributed by atoms with Crippen molar-refractivity contribution in [2.24, 2.45) is 5.10 Å². The van der Waals surface area contributed by atoms with Crippen LogP contribution in [-0.2, 0) is 4.79 Å². The Bertz CT molecular complexity index is 1630. The molecule has 0 bridgehead atoms. The number of hydrogen-bond acceptors (Lipinski definition) is 6. The van der Waals surface area contributed by atoms with E-state index in [1.54, 1.807) is 84.9 Å². The lowest BCUT2D eigenvalue weighted by molar-refractivity contribution is -0.129. The number of hydrogen-bond donors (Lipinski definition) is 2. The van der Waals surface area contributed by atoms with Crippen molar-refractivity contribution in [3.63, 3.8) is 0 Å². The number of esters is 1. The molecule has 0 unspecified atom stereocenters. The van der Waals surface area contributed by atoms with Gasteiger partial charge >= 0.3 is 5.97 Å². The quantitative estimate of drug-likeness (QED) is 0.0714. The van der Waals surface area contributed by atoms with Gasteiger partial charge in [-0.2, -0.15) is 5.10 Å². The second kappa shape index (κ2) is 14.4. The van der Waals surface area contributed by atoms with Crippen LogP contribution in [0.5, 0.6) is 11.5 Å². The summed E-state index contributed by atoms with van der Waals surface area (Å²) in [7, 11) is 0. The number of hydrazone groups is 1. The summed E-state index contributed by atoms with van der Waals surface area (Å²) in [5.74, 6) is -0.716. The summed E-state index contributed by atoms with van der Waals surface area (Å²) in [6.07, 6.45) is 4.37. The SMILES string of the molecule is CCOc1cc(C=NNC(=O)c2cccc(NC(=O)c3ccc(C)cc3)c2)ccc1OC(=O)/C=C/c1ccc(Cl)cc1. The molecular formula is C33H28ClN3O5. The van der Waals surface area contributed by atoms with E-state index in [2.05, 4.69) is 15.8 Å². The Hall–Kier alpha value is -5.21. The van der Waals surface area contributed by atoms with Crippen LogP contribution in [0.2, 0.25) is 5.02 Å². The summed E-state index contributed by atoms with van der Waals surface area (Å²) in [5, 5.41) is 7.43. The Morgan fingerprint density at radius 3 is 2.31 bits per heavy atom. The molecule has 4 aromatic carbocycles. The van der Waals surface area contributed by atoms with Crippen LogP contribution in [0.4, 0.5) is 5.69 Å². The summed E-state index contributed by atoms with van der Waals surface area (Å²) in [6.45, 7) is 4.10. The van der Waals surface area contributed by atoms with Crippen LogP contribution in [-0.4, -0.2) is 30.6 Å². The van der Waals surface area contributed by atoms with Crippen LogP contribution in [0.25, 0.3) is 6.08 Å². The Morgan fingerprint density at radius 2 is 1.57 bits per heavy atom. The number of benzene rings is 4. The van der Waals surface area contributed by atoms with Crippen molar-refractivity contribution in [3.05, 3.63) is 130 Å². The highest BCUT2D eigenvalue weighted by Crippen LogP contribution is 2.28. The summed E-state index contributed by atoms with van der Waals surface area (Å²) in [4.78, 5) is 37.5. The first kappa shape index (κ1) is 29.8. The fourth-order valence-corrected chi connectivity index (χ4v) is 3.84. The number of carbonyl (C=O) groups excluding carboxylic acids is 3. The molecule has 0 aliphatic heterocycles. The summed E-state index contributed by atoms with van der Waals surface area (Å²) < 4.78 is 11.1. The fraction of sp³-hybridized carbons (Fsp3) is 0.0909. The first-order valence-corrected chi connectivity index (χ1v) is 13.4. The smallest absolute Gasteiger partial charge is 0.336 e.